The molecule has 2 aliphatic rings. The molecular formula is C14H22N2O7. The van der Waals surface area contributed by atoms with Crippen molar-refractivity contribution in [3.05, 3.63) is 11.6 Å². The van der Waals surface area contributed by atoms with Gasteiger partial charge in [-0.1, -0.05) is 0 Å². The van der Waals surface area contributed by atoms with Gasteiger partial charge in [-0.3, -0.25) is 9.59 Å². The van der Waals surface area contributed by atoms with E-state index in [4.69, 9.17) is 14.6 Å². The van der Waals surface area contributed by atoms with E-state index in [-0.39, 0.29) is 31.9 Å². The number of fused-ring (bicyclic) bond motifs is 1. The van der Waals surface area contributed by atoms with Crippen LogP contribution in [-0.2, 0) is 19.1 Å². The summed E-state index contributed by atoms with van der Waals surface area (Å²) in [7, 11) is 0. The van der Waals surface area contributed by atoms with Gasteiger partial charge in [0.2, 0.25) is 11.8 Å². The summed E-state index contributed by atoms with van der Waals surface area (Å²) in [5.74, 6) is -1.17. The fourth-order valence-corrected chi connectivity index (χ4v) is 2.56. The molecule has 5 atom stereocenters. The number of carbonyl (C=O) groups excluding carboxylic acids is 2. The van der Waals surface area contributed by atoms with Crippen molar-refractivity contribution in [2.45, 2.75) is 43.8 Å². The molecule has 23 heavy (non-hydrogen) atoms. The van der Waals surface area contributed by atoms with Gasteiger partial charge in [0.05, 0.1) is 18.8 Å². The van der Waals surface area contributed by atoms with Crippen LogP contribution in [0.4, 0.5) is 0 Å². The Kier molecular flexibility index (Phi) is 6.08. The molecule has 1 heterocycles. The van der Waals surface area contributed by atoms with Crippen molar-refractivity contribution in [2.75, 3.05) is 19.9 Å². The molecule has 0 aromatic heterocycles. The maximum Gasteiger partial charge on any atom is 0.247 e. The van der Waals surface area contributed by atoms with Crippen LogP contribution in [-0.4, -0.2) is 77.5 Å². The lowest BCUT2D eigenvalue weighted by molar-refractivity contribution is -0.130. The highest BCUT2D eigenvalue weighted by molar-refractivity contribution is 5.97. The Balaban J connectivity index is 2.02. The molecule has 2 amide bonds. The second-order valence-corrected chi connectivity index (χ2v) is 5.55. The fraction of sp³-hybridized carbons (Fsp3) is 0.714. The normalized spacial score (nSPS) is 29.2. The number of hydrogen-bond donors (Lipinski definition) is 5. The monoisotopic (exact) mass is 330 g/mol. The van der Waals surface area contributed by atoms with Gasteiger partial charge in [0.1, 0.15) is 25.0 Å². The molecule has 0 saturated carbocycles. The molecule has 130 valence electrons. The Morgan fingerprint density at radius 2 is 2.17 bits per heavy atom. The SMILES string of the molecule is CC(O)C(NC(=O)C1=CC2OCOC2C(O)C1)C(=O)NCCO. The van der Waals surface area contributed by atoms with Crippen molar-refractivity contribution in [1.82, 2.24) is 10.6 Å². The molecule has 0 spiro atoms. The maximum atomic E-state index is 12.3. The molecule has 5 unspecified atom stereocenters. The minimum Gasteiger partial charge on any atom is -0.395 e. The number of aliphatic hydroxyl groups is 3. The van der Waals surface area contributed by atoms with E-state index in [9.17, 15) is 19.8 Å². The average molecular weight is 330 g/mol. The molecule has 1 saturated heterocycles. The van der Waals surface area contributed by atoms with Gasteiger partial charge in [-0.15, -0.1) is 0 Å². The van der Waals surface area contributed by atoms with Gasteiger partial charge in [-0.05, 0) is 13.0 Å². The Morgan fingerprint density at radius 3 is 2.83 bits per heavy atom. The third kappa shape index (κ3) is 4.27. The molecule has 5 N–H and O–H groups in total. The van der Waals surface area contributed by atoms with Gasteiger partial charge in [0.25, 0.3) is 0 Å². The summed E-state index contributed by atoms with van der Waals surface area (Å²) in [6.45, 7) is 1.20. The third-order valence-corrected chi connectivity index (χ3v) is 3.77. The Labute approximate surface area is 133 Å². The zero-order valence-corrected chi connectivity index (χ0v) is 12.8. The lowest BCUT2D eigenvalue weighted by Gasteiger charge is -2.28. The van der Waals surface area contributed by atoms with E-state index < -0.39 is 42.3 Å². The quantitative estimate of drug-likeness (QED) is 0.360. The van der Waals surface area contributed by atoms with Gasteiger partial charge in [0.15, 0.2) is 0 Å². The first-order valence-electron chi connectivity index (χ1n) is 7.43. The van der Waals surface area contributed by atoms with Crippen molar-refractivity contribution in [1.29, 1.82) is 0 Å². The van der Waals surface area contributed by atoms with Crippen LogP contribution in [0.5, 0.6) is 0 Å². The Hall–Kier alpha value is -1.52. The highest BCUT2D eigenvalue weighted by atomic mass is 16.7. The maximum absolute atomic E-state index is 12.3. The molecule has 0 aromatic carbocycles. The molecule has 0 radical (unpaired) electrons. The molecule has 0 bridgehead atoms. The van der Waals surface area contributed by atoms with E-state index >= 15 is 0 Å². The van der Waals surface area contributed by atoms with Gasteiger partial charge in [-0.25, -0.2) is 0 Å². The van der Waals surface area contributed by atoms with Crippen LogP contribution < -0.4 is 10.6 Å². The number of rotatable bonds is 6. The minimum atomic E-state index is -1.16. The van der Waals surface area contributed by atoms with Crippen LogP contribution in [0.3, 0.4) is 0 Å². The summed E-state index contributed by atoms with van der Waals surface area (Å²) in [4.78, 5) is 24.2. The second kappa shape index (κ2) is 7.84. The first kappa shape index (κ1) is 17.8. The topological polar surface area (TPSA) is 137 Å². The molecule has 0 aromatic rings. The van der Waals surface area contributed by atoms with Crippen LogP contribution in [0.15, 0.2) is 11.6 Å². The minimum absolute atomic E-state index is 0.0221. The van der Waals surface area contributed by atoms with Crippen LogP contribution in [0.25, 0.3) is 0 Å². The van der Waals surface area contributed by atoms with Crippen molar-refractivity contribution in [3.63, 3.8) is 0 Å². The highest BCUT2D eigenvalue weighted by Gasteiger charge is 2.39. The summed E-state index contributed by atoms with van der Waals surface area (Å²) in [5, 5.41) is 33.2. The number of nitrogens with one attached hydrogen (secondary N) is 2. The standard InChI is InChI=1S/C14H22N2O7/c1-7(18)11(14(21)15-2-3-17)16-13(20)8-4-9(19)12-10(5-8)22-6-23-12/h5,7,9-12,17-19H,2-4,6H2,1H3,(H,15,21)(H,16,20). The zero-order valence-electron chi connectivity index (χ0n) is 12.8. The lowest BCUT2D eigenvalue weighted by atomic mass is 9.91. The first-order chi connectivity index (χ1) is 10.9. The van der Waals surface area contributed by atoms with E-state index in [2.05, 4.69) is 10.6 Å². The molecule has 1 fully saturated rings. The number of carbonyl (C=O) groups is 2. The van der Waals surface area contributed by atoms with E-state index in [1.807, 2.05) is 0 Å². The van der Waals surface area contributed by atoms with Crippen LogP contribution in [0, 0.1) is 0 Å². The zero-order chi connectivity index (χ0) is 17.0. The fourth-order valence-electron chi connectivity index (χ4n) is 2.56. The second-order valence-electron chi connectivity index (χ2n) is 5.55. The summed E-state index contributed by atoms with van der Waals surface area (Å²) in [6.07, 6.45) is -1.36. The van der Waals surface area contributed by atoms with Crippen LogP contribution >= 0.6 is 0 Å². The number of hydrogen-bond acceptors (Lipinski definition) is 7. The summed E-state index contributed by atoms with van der Waals surface area (Å²) < 4.78 is 10.5. The van der Waals surface area contributed by atoms with Crippen molar-refractivity contribution in [2.24, 2.45) is 0 Å². The van der Waals surface area contributed by atoms with Gasteiger partial charge in [0, 0.05) is 18.5 Å². The van der Waals surface area contributed by atoms with Gasteiger partial charge < -0.3 is 35.4 Å². The van der Waals surface area contributed by atoms with Gasteiger partial charge in [-0.2, -0.15) is 0 Å². The van der Waals surface area contributed by atoms with Crippen molar-refractivity contribution >= 4 is 11.8 Å². The van der Waals surface area contributed by atoms with Crippen LogP contribution in [0.1, 0.15) is 13.3 Å². The summed E-state index contributed by atoms with van der Waals surface area (Å²) >= 11 is 0. The van der Waals surface area contributed by atoms with Crippen LogP contribution in [0.2, 0.25) is 0 Å². The van der Waals surface area contributed by atoms with E-state index in [0.717, 1.165) is 0 Å². The number of ether oxygens (including phenoxy) is 2. The third-order valence-electron chi connectivity index (χ3n) is 3.77. The predicted molar refractivity (Wildman–Crippen MR) is 77.0 cm³/mol. The predicted octanol–water partition coefficient (Wildman–Crippen LogP) is -2.61. The summed E-state index contributed by atoms with van der Waals surface area (Å²) in [5.41, 5.74) is 0.268. The smallest absolute Gasteiger partial charge is 0.247 e. The molecule has 1 aliphatic carbocycles. The first-order valence-corrected chi connectivity index (χ1v) is 7.43. The largest absolute Gasteiger partial charge is 0.395 e. The summed E-state index contributed by atoms with van der Waals surface area (Å²) in [6, 6.07) is -1.16. The van der Waals surface area contributed by atoms with E-state index in [1.165, 1.54) is 6.92 Å². The lowest BCUT2D eigenvalue weighted by Crippen LogP contribution is -2.53. The number of aliphatic hydroxyl groups excluding tert-OH is 3. The molecule has 9 heteroatoms. The highest BCUT2D eigenvalue weighted by Crippen LogP contribution is 2.28. The average Bonchev–Trinajstić information content (AvgIpc) is 2.98. The Bertz CT molecular complexity index is 480. The molecular weight excluding hydrogens is 308 g/mol. The van der Waals surface area contributed by atoms with E-state index in [1.54, 1.807) is 6.08 Å². The molecule has 1 aliphatic heterocycles. The van der Waals surface area contributed by atoms with Crippen molar-refractivity contribution in [3.8, 4) is 0 Å². The molecule has 9 nitrogen and oxygen atoms in total. The Morgan fingerprint density at radius 1 is 1.43 bits per heavy atom. The van der Waals surface area contributed by atoms with E-state index in [0.29, 0.717) is 0 Å². The van der Waals surface area contributed by atoms with Gasteiger partial charge >= 0.3 is 0 Å². The molecule has 2 rings (SSSR count). The number of amides is 2. The van der Waals surface area contributed by atoms with Crippen molar-refractivity contribution < 1.29 is 34.4 Å².